The molecular formula is C16H16N2O2. The van der Waals surface area contributed by atoms with Crippen LogP contribution in [0.3, 0.4) is 0 Å². The second kappa shape index (κ2) is 5.35. The van der Waals surface area contributed by atoms with Gasteiger partial charge in [-0.3, -0.25) is 0 Å². The van der Waals surface area contributed by atoms with Gasteiger partial charge in [-0.05, 0) is 25.1 Å². The number of aromatic nitrogens is 1. The highest BCUT2D eigenvalue weighted by Crippen LogP contribution is 2.25. The first kappa shape index (κ1) is 12.7. The highest BCUT2D eigenvalue weighted by molar-refractivity contribution is 5.84. The average molecular weight is 268 g/mol. The number of furan rings is 1. The minimum absolute atomic E-state index is 0.374. The number of ether oxygens (including phenoxy) is 1. The van der Waals surface area contributed by atoms with E-state index in [1.807, 2.05) is 43.3 Å². The summed E-state index contributed by atoms with van der Waals surface area (Å²) in [5, 5.41) is 1.07. The first-order valence-electron chi connectivity index (χ1n) is 6.52. The van der Waals surface area contributed by atoms with Crippen molar-refractivity contribution in [2.45, 2.75) is 20.1 Å². The minimum atomic E-state index is 0.374. The van der Waals surface area contributed by atoms with Crippen molar-refractivity contribution in [3.8, 4) is 5.75 Å². The Morgan fingerprint density at radius 1 is 1.20 bits per heavy atom. The molecule has 2 aromatic heterocycles. The molecule has 0 saturated heterocycles. The van der Waals surface area contributed by atoms with Gasteiger partial charge in [-0.25, -0.2) is 4.98 Å². The second-order valence-electron chi connectivity index (χ2n) is 4.64. The largest absolute Gasteiger partial charge is 0.486 e. The van der Waals surface area contributed by atoms with Gasteiger partial charge in [-0.2, -0.15) is 0 Å². The zero-order valence-corrected chi connectivity index (χ0v) is 11.3. The number of pyridine rings is 1. The van der Waals surface area contributed by atoms with Crippen LogP contribution in [0.15, 0.2) is 47.1 Å². The number of aryl methyl sites for hydroxylation is 1. The first-order valence-corrected chi connectivity index (χ1v) is 6.52. The number of rotatable bonds is 4. The van der Waals surface area contributed by atoms with Gasteiger partial charge in [0.25, 0.3) is 0 Å². The highest BCUT2D eigenvalue weighted by atomic mass is 16.5. The molecule has 0 aliphatic carbocycles. The smallest absolute Gasteiger partial charge is 0.146 e. The third-order valence-electron chi connectivity index (χ3n) is 3.23. The minimum Gasteiger partial charge on any atom is -0.486 e. The molecule has 3 aromatic rings. The van der Waals surface area contributed by atoms with Crippen LogP contribution in [0.25, 0.3) is 10.9 Å². The molecule has 0 radical (unpaired) electrons. The van der Waals surface area contributed by atoms with Gasteiger partial charge in [0, 0.05) is 16.6 Å². The van der Waals surface area contributed by atoms with Crippen LogP contribution in [-0.4, -0.2) is 4.98 Å². The Balaban J connectivity index is 1.89. The van der Waals surface area contributed by atoms with Crippen LogP contribution in [0.5, 0.6) is 5.75 Å². The van der Waals surface area contributed by atoms with E-state index in [1.54, 1.807) is 6.26 Å². The molecule has 0 fully saturated rings. The van der Waals surface area contributed by atoms with Crippen molar-refractivity contribution < 1.29 is 9.15 Å². The molecule has 4 nitrogen and oxygen atoms in total. The van der Waals surface area contributed by atoms with Crippen LogP contribution in [0.1, 0.15) is 17.0 Å². The van der Waals surface area contributed by atoms with Gasteiger partial charge in [0.05, 0.1) is 12.8 Å². The van der Waals surface area contributed by atoms with Crippen molar-refractivity contribution in [3.05, 3.63) is 59.7 Å². The van der Waals surface area contributed by atoms with Crippen molar-refractivity contribution in [2.24, 2.45) is 5.73 Å². The molecule has 20 heavy (non-hydrogen) atoms. The number of benzene rings is 1. The van der Waals surface area contributed by atoms with Crippen molar-refractivity contribution in [2.75, 3.05) is 0 Å². The molecule has 4 heteroatoms. The Morgan fingerprint density at radius 2 is 2.10 bits per heavy atom. The van der Waals surface area contributed by atoms with Crippen LogP contribution in [0.4, 0.5) is 0 Å². The Bertz CT molecular complexity index is 734. The van der Waals surface area contributed by atoms with E-state index in [2.05, 4.69) is 4.98 Å². The summed E-state index contributed by atoms with van der Waals surface area (Å²) in [5.41, 5.74) is 8.43. The SMILES string of the molecule is Cc1ccc2cccc(OCc3ccoc3CN)c2n1. The molecule has 0 unspecified atom stereocenters. The summed E-state index contributed by atoms with van der Waals surface area (Å²) in [5.74, 6) is 1.53. The van der Waals surface area contributed by atoms with E-state index in [4.69, 9.17) is 14.9 Å². The average Bonchev–Trinajstić information content (AvgIpc) is 2.92. The fourth-order valence-corrected chi connectivity index (χ4v) is 2.16. The van der Waals surface area contributed by atoms with E-state index >= 15 is 0 Å². The fourth-order valence-electron chi connectivity index (χ4n) is 2.16. The van der Waals surface area contributed by atoms with Gasteiger partial charge in [-0.15, -0.1) is 0 Å². The summed E-state index contributed by atoms with van der Waals surface area (Å²) in [6, 6.07) is 11.8. The Kier molecular flexibility index (Phi) is 3.39. The summed E-state index contributed by atoms with van der Waals surface area (Å²) in [6.07, 6.45) is 1.63. The monoisotopic (exact) mass is 268 g/mol. The molecule has 3 rings (SSSR count). The normalized spacial score (nSPS) is 10.9. The lowest BCUT2D eigenvalue weighted by Gasteiger charge is -2.09. The van der Waals surface area contributed by atoms with Crippen molar-refractivity contribution in [1.29, 1.82) is 0 Å². The molecule has 0 amide bonds. The van der Waals surface area contributed by atoms with E-state index in [0.29, 0.717) is 13.2 Å². The highest BCUT2D eigenvalue weighted by Gasteiger charge is 2.08. The van der Waals surface area contributed by atoms with Gasteiger partial charge in [0.1, 0.15) is 23.6 Å². The van der Waals surface area contributed by atoms with E-state index in [-0.39, 0.29) is 0 Å². The molecule has 0 spiro atoms. The van der Waals surface area contributed by atoms with Crippen molar-refractivity contribution >= 4 is 10.9 Å². The molecule has 2 N–H and O–H groups in total. The first-order chi connectivity index (χ1) is 9.78. The third kappa shape index (κ3) is 2.38. The lowest BCUT2D eigenvalue weighted by Crippen LogP contribution is -2.02. The number of hydrogen-bond acceptors (Lipinski definition) is 4. The van der Waals surface area contributed by atoms with Crippen molar-refractivity contribution in [3.63, 3.8) is 0 Å². The van der Waals surface area contributed by atoms with Gasteiger partial charge < -0.3 is 14.9 Å². The maximum Gasteiger partial charge on any atom is 0.146 e. The van der Waals surface area contributed by atoms with Crippen LogP contribution in [0.2, 0.25) is 0 Å². The zero-order chi connectivity index (χ0) is 13.9. The Morgan fingerprint density at radius 3 is 2.95 bits per heavy atom. The summed E-state index contributed by atoms with van der Waals surface area (Å²) < 4.78 is 11.2. The standard InChI is InChI=1S/C16H16N2O2/c1-11-5-6-12-3-2-4-14(16(12)18-11)20-10-13-7-8-19-15(13)9-17/h2-8H,9-10,17H2,1H3. The van der Waals surface area contributed by atoms with Gasteiger partial charge >= 0.3 is 0 Å². The lowest BCUT2D eigenvalue weighted by molar-refractivity contribution is 0.305. The topological polar surface area (TPSA) is 61.3 Å². The van der Waals surface area contributed by atoms with Crippen LogP contribution in [0, 0.1) is 6.92 Å². The van der Waals surface area contributed by atoms with E-state index in [9.17, 15) is 0 Å². The molecule has 0 aliphatic heterocycles. The molecule has 0 atom stereocenters. The Labute approximate surface area is 117 Å². The number of fused-ring (bicyclic) bond motifs is 1. The van der Waals surface area contributed by atoms with Crippen LogP contribution in [-0.2, 0) is 13.2 Å². The third-order valence-corrected chi connectivity index (χ3v) is 3.23. The molecule has 102 valence electrons. The van der Waals surface area contributed by atoms with E-state index in [1.165, 1.54) is 0 Å². The zero-order valence-electron chi connectivity index (χ0n) is 11.3. The summed E-state index contributed by atoms with van der Waals surface area (Å²) in [6.45, 7) is 2.77. The van der Waals surface area contributed by atoms with Crippen molar-refractivity contribution in [1.82, 2.24) is 4.98 Å². The predicted molar refractivity (Wildman–Crippen MR) is 77.4 cm³/mol. The second-order valence-corrected chi connectivity index (χ2v) is 4.64. The summed E-state index contributed by atoms with van der Waals surface area (Å²) in [7, 11) is 0. The maximum atomic E-state index is 5.88. The molecule has 0 saturated carbocycles. The van der Waals surface area contributed by atoms with Gasteiger partial charge in [-0.1, -0.05) is 18.2 Å². The summed E-state index contributed by atoms with van der Waals surface area (Å²) in [4.78, 5) is 4.54. The van der Waals surface area contributed by atoms with Gasteiger partial charge in [0.2, 0.25) is 0 Å². The number of nitrogens with two attached hydrogens (primary N) is 1. The van der Waals surface area contributed by atoms with E-state index in [0.717, 1.165) is 33.7 Å². The molecule has 2 heterocycles. The maximum absolute atomic E-state index is 5.88. The quantitative estimate of drug-likeness (QED) is 0.789. The lowest BCUT2D eigenvalue weighted by atomic mass is 10.2. The van der Waals surface area contributed by atoms with Gasteiger partial charge in [0.15, 0.2) is 0 Å². The number of hydrogen-bond donors (Lipinski definition) is 1. The van der Waals surface area contributed by atoms with E-state index < -0.39 is 0 Å². The Hall–Kier alpha value is -2.33. The number of nitrogens with zero attached hydrogens (tertiary/aromatic N) is 1. The molecule has 0 aliphatic rings. The molecule has 0 bridgehead atoms. The molecule has 1 aromatic carbocycles. The number of para-hydroxylation sites is 1. The van der Waals surface area contributed by atoms with Crippen LogP contribution >= 0.6 is 0 Å². The fraction of sp³-hybridized carbons (Fsp3) is 0.188. The predicted octanol–water partition coefficient (Wildman–Crippen LogP) is 3.17. The summed E-state index contributed by atoms with van der Waals surface area (Å²) >= 11 is 0. The van der Waals surface area contributed by atoms with Crippen LogP contribution < -0.4 is 10.5 Å². The molecular weight excluding hydrogens is 252 g/mol.